The summed E-state index contributed by atoms with van der Waals surface area (Å²) in [6, 6.07) is 17.5. The fourth-order valence-electron chi connectivity index (χ4n) is 5.15. The van der Waals surface area contributed by atoms with E-state index in [2.05, 4.69) is 15.6 Å². The summed E-state index contributed by atoms with van der Waals surface area (Å²) in [5, 5.41) is 6.55. The van der Waals surface area contributed by atoms with Crippen LogP contribution in [0.5, 0.6) is 0 Å². The van der Waals surface area contributed by atoms with Crippen molar-refractivity contribution >= 4 is 40.8 Å². The topological polar surface area (TPSA) is 91.4 Å². The molecule has 0 aliphatic heterocycles. The van der Waals surface area contributed by atoms with Gasteiger partial charge in [-0.25, -0.2) is 4.98 Å². The summed E-state index contributed by atoms with van der Waals surface area (Å²) in [6.45, 7) is 3.90. The van der Waals surface area contributed by atoms with Gasteiger partial charge in [0, 0.05) is 35.8 Å². The normalized spacial score (nSPS) is 14.3. The molecule has 0 bridgehead atoms. The van der Waals surface area contributed by atoms with Crippen molar-refractivity contribution in [3.63, 3.8) is 0 Å². The van der Waals surface area contributed by atoms with E-state index in [0.29, 0.717) is 28.5 Å². The molecule has 40 heavy (non-hydrogen) atoms. The number of amides is 3. The molecule has 2 N–H and O–H groups in total. The molecule has 3 amide bonds. The van der Waals surface area contributed by atoms with Gasteiger partial charge >= 0.3 is 0 Å². The second kappa shape index (κ2) is 14.1. The van der Waals surface area contributed by atoms with Gasteiger partial charge < -0.3 is 10.6 Å². The number of aromatic nitrogens is 1. The molecule has 3 aromatic rings. The van der Waals surface area contributed by atoms with E-state index in [1.807, 2.05) is 32.0 Å². The monoisotopic (exact) mass is 560 g/mol. The first-order valence-corrected chi connectivity index (χ1v) is 14.4. The van der Waals surface area contributed by atoms with Crippen molar-refractivity contribution in [2.75, 3.05) is 10.2 Å². The Balaban J connectivity index is 1.61. The molecule has 0 saturated heterocycles. The third-order valence-electron chi connectivity index (χ3n) is 7.26. The van der Waals surface area contributed by atoms with E-state index in [1.54, 1.807) is 53.6 Å². The van der Waals surface area contributed by atoms with Gasteiger partial charge in [-0.15, -0.1) is 0 Å². The lowest BCUT2D eigenvalue weighted by Gasteiger charge is -2.34. The Morgan fingerprint density at radius 2 is 1.73 bits per heavy atom. The van der Waals surface area contributed by atoms with Crippen LogP contribution in [-0.4, -0.2) is 28.7 Å². The number of carbonyl (C=O) groups is 3. The third kappa shape index (κ3) is 7.92. The zero-order valence-electron chi connectivity index (χ0n) is 23.2. The molecule has 0 radical (unpaired) electrons. The Morgan fingerprint density at radius 3 is 2.42 bits per heavy atom. The molecular formula is C32H37ClN4O3. The van der Waals surface area contributed by atoms with Crippen LogP contribution in [0.15, 0.2) is 66.9 Å². The summed E-state index contributed by atoms with van der Waals surface area (Å²) in [7, 11) is 0. The van der Waals surface area contributed by atoms with Gasteiger partial charge in [-0.2, -0.15) is 0 Å². The fourth-order valence-corrected chi connectivity index (χ4v) is 5.27. The van der Waals surface area contributed by atoms with Crippen LogP contribution in [-0.2, 0) is 14.4 Å². The molecule has 1 aliphatic carbocycles. The summed E-state index contributed by atoms with van der Waals surface area (Å²) in [5.74, 6) is -0.179. The summed E-state index contributed by atoms with van der Waals surface area (Å²) in [5.41, 5.74) is 3.23. The highest BCUT2D eigenvalue weighted by Crippen LogP contribution is 2.33. The van der Waals surface area contributed by atoms with Crippen LogP contribution in [0.1, 0.15) is 74.1 Å². The van der Waals surface area contributed by atoms with Crippen molar-refractivity contribution in [3.05, 3.63) is 88.6 Å². The van der Waals surface area contributed by atoms with E-state index in [9.17, 15) is 14.4 Å². The van der Waals surface area contributed by atoms with Gasteiger partial charge in [0.05, 0.1) is 0 Å². The molecule has 1 saturated carbocycles. The van der Waals surface area contributed by atoms with Crippen molar-refractivity contribution in [1.82, 2.24) is 10.3 Å². The Kier molecular flexibility index (Phi) is 10.3. The fraction of sp³-hybridized carbons (Fsp3) is 0.375. The Labute approximate surface area is 241 Å². The Morgan fingerprint density at radius 1 is 0.975 bits per heavy atom. The lowest BCUT2D eigenvalue weighted by atomic mass is 9.94. The van der Waals surface area contributed by atoms with E-state index < -0.39 is 6.04 Å². The van der Waals surface area contributed by atoms with Crippen molar-refractivity contribution in [2.45, 2.75) is 77.3 Å². The largest absolute Gasteiger partial charge is 0.351 e. The molecule has 4 rings (SSSR count). The van der Waals surface area contributed by atoms with E-state index in [4.69, 9.17) is 11.6 Å². The van der Waals surface area contributed by atoms with Crippen LogP contribution in [0.4, 0.5) is 11.5 Å². The number of carbonyl (C=O) groups excluding carboxylic acids is 3. The van der Waals surface area contributed by atoms with Gasteiger partial charge in [-0.05, 0) is 80.1 Å². The maximum atomic E-state index is 14.0. The Hall–Kier alpha value is -3.71. The summed E-state index contributed by atoms with van der Waals surface area (Å²) < 4.78 is 0. The van der Waals surface area contributed by atoms with Crippen LogP contribution < -0.4 is 15.5 Å². The molecule has 2 aromatic carbocycles. The predicted octanol–water partition coefficient (Wildman–Crippen LogP) is 6.68. The minimum Gasteiger partial charge on any atom is -0.351 e. The molecule has 210 valence electrons. The van der Waals surface area contributed by atoms with E-state index >= 15 is 0 Å². The number of benzene rings is 2. The van der Waals surface area contributed by atoms with Gasteiger partial charge in [-0.1, -0.05) is 61.2 Å². The maximum absolute atomic E-state index is 14.0. The first kappa shape index (κ1) is 29.3. The molecule has 1 aliphatic rings. The summed E-state index contributed by atoms with van der Waals surface area (Å²) in [4.78, 5) is 46.2. The first-order valence-electron chi connectivity index (χ1n) is 14.0. The van der Waals surface area contributed by atoms with Crippen molar-refractivity contribution < 1.29 is 14.4 Å². The first-order chi connectivity index (χ1) is 19.3. The molecule has 8 heteroatoms. The highest BCUT2D eigenvalue weighted by Gasteiger charge is 2.34. The number of hydrogen-bond acceptors (Lipinski definition) is 4. The number of hydrogen-bond donors (Lipinski definition) is 2. The van der Waals surface area contributed by atoms with Crippen LogP contribution in [0.3, 0.4) is 0 Å². The number of nitrogens with one attached hydrogen (secondary N) is 2. The zero-order valence-corrected chi connectivity index (χ0v) is 23.9. The van der Waals surface area contributed by atoms with Crippen molar-refractivity contribution in [1.29, 1.82) is 0 Å². The SMILES string of the molecule is Cc1ccc(C)c(N(C(=O)CCCC(=O)Nc2ccccn2)[C@@H](C(=O)NC2CCCCC2)c2ccc(Cl)cc2)c1. The van der Waals surface area contributed by atoms with Gasteiger partial charge in [0.2, 0.25) is 17.7 Å². The molecule has 0 spiro atoms. The highest BCUT2D eigenvalue weighted by molar-refractivity contribution is 6.30. The molecule has 1 aromatic heterocycles. The highest BCUT2D eigenvalue weighted by atomic mass is 35.5. The lowest BCUT2D eigenvalue weighted by Crippen LogP contribution is -2.47. The van der Waals surface area contributed by atoms with Crippen molar-refractivity contribution in [3.8, 4) is 0 Å². The number of aryl methyl sites for hydroxylation is 2. The van der Waals surface area contributed by atoms with Gasteiger partial charge in [0.25, 0.3) is 0 Å². The number of rotatable bonds is 10. The van der Waals surface area contributed by atoms with Crippen molar-refractivity contribution in [2.24, 2.45) is 0 Å². The quantitative estimate of drug-likeness (QED) is 0.289. The number of nitrogens with zero attached hydrogens (tertiary/aromatic N) is 2. The van der Waals surface area contributed by atoms with Crippen LogP contribution in [0.25, 0.3) is 0 Å². The smallest absolute Gasteiger partial charge is 0.248 e. The number of pyridine rings is 1. The van der Waals surface area contributed by atoms with Gasteiger partial charge in [0.1, 0.15) is 11.9 Å². The van der Waals surface area contributed by atoms with Gasteiger partial charge in [-0.3, -0.25) is 19.3 Å². The standard InChI is InChI=1S/C32H37ClN4O3/c1-22-14-15-23(2)27(21-22)37(30(39)13-8-12-29(38)36-28-11-6-7-20-34-28)31(24-16-18-25(33)19-17-24)32(40)35-26-9-4-3-5-10-26/h6-7,11,14-21,26,31H,3-5,8-10,12-13H2,1-2H3,(H,35,40)(H,34,36,38)/t31-/m1/s1. The molecule has 7 nitrogen and oxygen atoms in total. The summed E-state index contributed by atoms with van der Waals surface area (Å²) >= 11 is 6.19. The maximum Gasteiger partial charge on any atom is 0.248 e. The second-order valence-electron chi connectivity index (χ2n) is 10.5. The molecule has 1 atom stereocenters. The van der Waals surface area contributed by atoms with Crippen LogP contribution in [0, 0.1) is 13.8 Å². The molecular weight excluding hydrogens is 524 g/mol. The van der Waals surface area contributed by atoms with E-state index in [1.165, 1.54) is 6.42 Å². The van der Waals surface area contributed by atoms with Gasteiger partial charge in [0.15, 0.2) is 0 Å². The summed E-state index contributed by atoms with van der Waals surface area (Å²) in [6.07, 6.45) is 7.39. The average molecular weight is 561 g/mol. The molecule has 0 unspecified atom stereocenters. The zero-order chi connectivity index (χ0) is 28.5. The second-order valence-corrected chi connectivity index (χ2v) is 10.9. The lowest BCUT2D eigenvalue weighted by molar-refractivity contribution is -0.127. The van der Waals surface area contributed by atoms with E-state index in [-0.39, 0.29) is 36.6 Å². The molecule has 1 heterocycles. The van der Waals surface area contributed by atoms with Crippen LogP contribution >= 0.6 is 11.6 Å². The Bertz CT molecular complexity index is 1310. The average Bonchev–Trinajstić information content (AvgIpc) is 2.95. The number of anilines is 2. The molecule has 1 fully saturated rings. The third-order valence-corrected chi connectivity index (χ3v) is 7.52. The minimum atomic E-state index is -0.880. The number of halogens is 1. The van der Waals surface area contributed by atoms with Crippen LogP contribution in [0.2, 0.25) is 5.02 Å². The predicted molar refractivity (Wildman–Crippen MR) is 159 cm³/mol. The minimum absolute atomic E-state index is 0.0851. The van der Waals surface area contributed by atoms with E-state index in [0.717, 1.165) is 36.8 Å².